The monoisotopic (exact) mass is 220 g/mol. The first-order valence-electron chi connectivity index (χ1n) is 4.43. The summed E-state index contributed by atoms with van der Waals surface area (Å²) in [5.41, 5.74) is 0.620. The lowest BCUT2D eigenvalue weighted by Crippen LogP contribution is -2.06. The summed E-state index contributed by atoms with van der Waals surface area (Å²) in [5, 5.41) is 9.43. The molecule has 2 aromatic rings. The highest BCUT2D eigenvalue weighted by Crippen LogP contribution is 2.11. The third kappa shape index (κ3) is 1.74. The molecule has 76 valence electrons. The Hall–Kier alpha value is -1.73. The number of hydrogen-bond donors (Lipinski definition) is 0. The maximum Gasteiger partial charge on any atom is 0.129 e. The van der Waals surface area contributed by atoms with Gasteiger partial charge < -0.3 is 9.13 Å². The molecule has 2 rings (SSSR count). The predicted octanol–water partition coefficient (Wildman–Crippen LogP) is 1.79. The van der Waals surface area contributed by atoms with E-state index in [1.165, 1.54) is 0 Å². The summed E-state index contributed by atoms with van der Waals surface area (Å²) in [6.45, 7) is 0.555. The Labute approximate surface area is 92.3 Å². The molecule has 0 saturated heterocycles. The number of rotatable bonds is 2. The molecule has 0 bridgehead atoms. The zero-order valence-electron chi connectivity index (χ0n) is 8.18. The maximum atomic E-state index is 8.84. The second-order valence-corrected chi connectivity index (χ2v) is 3.58. The molecule has 0 fully saturated rings. The molecule has 5 heteroatoms. The average molecular weight is 221 g/mol. The van der Waals surface area contributed by atoms with Crippen molar-refractivity contribution in [2.24, 2.45) is 7.05 Å². The lowest BCUT2D eigenvalue weighted by molar-refractivity contribution is 0.697. The van der Waals surface area contributed by atoms with E-state index >= 15 is 0 Å². The van der Waals surface area contributed by atoms with Crippen LogP contribution >= 0.6 is 11.6 Å². The van der Waals surface area contributed by atoms with Crippen LogP contribution in [-0.2, 0) is 13.6 Å². The summed E-state index contributed by atoms with van der Waals surface area (Å²) in [4.78, 5) is 4.17. The second kappa shape index (κ2) is 3.79. The first kappa shape index (κ1) is 9.81. The van der Waals surface area contributed by atoms with Crippen LogP contribution in [0.3, 0.4) is 0 Å². The van der Waals surface area contributed by atoms with Crippen molar-refractivity contribution in [1.82, 2.24) is 14.1 Å². The zero-order valence-corrected chi connectivity index (χ0v) is 8.94. The van der Waals surface area contributed by atoms with Gasteiger partial charge in [0.2, 0.25) is 0 Å². The molecule has 0 amide bonds. The number of halogens is 1. The molecule has 2 aromatic heterocycles. The van der Waals surface area contributed by atoms with Crippen molar-refractivity contribution < 1.29 is 0 Å². The molecule has 0 atom stereocenters. The van der Waals surface area contributed by atoms with Gasteiger partial charge in [-0.05, 0) is 12.1 Å². The van der Waals surface area contributed by atoms with Crippen LogP contribution in [0.25, 0.3) is 0 Å². The van der Waals surface area contributed by atoms with Gasteiger partial charge in [-0.15, -0.1) is 0 Å². The smallest absolute Gasteiger partial charge is 0.129 e. The van der Waals surface area contributed by atoms with E-state index in [4.69, 9.17) is 16.9 Å². The third-order valence-corrected chi connectivity index (χ3v) is 2.63. The van der Waals surface area contributed by atoms with Gasteiger partial charge in [-0.1, -0.05) is 11.6 Å². The van der Waals surface area contributed by atoms with Crippen LogP contribution in [-0.4, -0.2) is 14.1 Å². The molecule has 0 aromatic carbocycles. The molecule has 15 heavy (non-hydrogen) atoms. The van der Waals surface area contributed by atoms with E-state index in [1.54, 1.807) is 16.8 Å². The van der Waals surface area contributed by atoms with Gasteiger partial charge in [-0.2, -0.15) is 5.26 Å². The molecular formula is C10H9ClN4. The number of nitrogens with zero attached hydrogens (tertiary/aromatic N) is 4. The zero-order chi connectivity index (χ0) is 10.8. The number of hydrogen-bond acceptors (Lipinski definition) is 2. The van der Waals surface area contributed by atoms with Crippen molar-refractivity contribution in [3.63, 3.8) is 0 Å². The van der Waals surface area contributed by atoms with Crippen molar-refractivity contribution >= 4 is 11.6 Å². The molecule has 0 aliphatic heterocycles. The van der Waals surface area contributed by atoms with Crippen molar-refractivity contribution in [1.29, 1.82) is 5.26 Å². The number of imidazole rings is 1. The fourth-order valence-electron chi connectivity index (χ4n) is 1.38. The minimum atomic E-state index is 0.555. The van der Waals surface area contributed by atoms with Gasteiger partial charge in [-0.25, -0.2) is 4.98 Å². The largest absolute Gasteiger partial charge is 0.332 e. The van der Waals surface area contributed by atoms with E-state index in [0.717, 1.165) is 5.82 Å². The van der Waals surface area contributed by atoms with E-state index < -0.39 is 0 Å². The summed E-state index contributed by atoms with van der Waals surface area (Å²) in [6, 6.07) is 5.72. The molecule has 0 spiro atoms. The minimum Gasteiger partial charge on any atom is -0.332 e. The van der Waals surface area contributed by atoms with E-state index in [-0.39, 0.29) is 0 Å². The van der Waals surface area contributed by atoms with E-state index in [2.05, 4.69) is 11.1 Å². The third-order valence-electron chi connectivity index (χ3n) is 2.28. The van der Waals surface area contributed by atoms with Crippen LogP contribution in [0.5, 0.6) is 0 Å². The first-order valence-corrected chi connectivity index (χ1v) is 4.81. The summed E-state index contributed by atoms with van der Waals surface area (Å²) < 4.78 is 3.63. The van der Waals surface area contributed by atoms with Gasteiger partial charge in [0.05, 0.1) is 12.7 Å². The highest BCUT2D eigenvalue weighted by molar-refractivity contribution is 6.29. The maximum absolute atomic E-state index is 8.84. The van der Waals surface area contributed by atoms with Crippen molar-refractivity contribution in [3.05, 3.63) is 41.2 Å². The minimum absolute atomic E-state index is 0.555. The molecule has 0 N–H and O–H groups in total. The summed E-state index contributed by atoms with van der Waals surface area (Å²) >= 11 is 5.87. The molecule has 2 heterocycles. The van der Waals surface area contributed by atoms with Crippen LogP contribution in [0.1, 0.15) is 11.5 Å². The Kier molecular flexibility index (Phi) is 2.48. The SMILES string of the molecule is Cn1c(Cl)cnc1Cn1cccc1C#N. The fraction of sp³-hybridized carbons (Fsp3) is 0.200. The Morgan fingerprint density at radius 3 is 3.00 bits per heavy atom. The number of aromatic nitrogens is 3. The number of nitriles is 1. The molecule has 0 aliphatic rings. The lowest BCUT2D eigenvalue weighted by Gasteiger charge is -2.04. The van der Waals surface area contributed by atoms with E-state index in [1.807, 2.05) is 23.9 Å². The van der Waals surface area contributed by atoms with Gasteiger partial charge >= 0.3 is 0 Å². The molecule has 0 aliphatic carbocycles. The highest BCUT2D eigenvalue weighted by atomic mass is 35.5. The molecule has 0 radical (unpaired) electrons. The summed E-state index contributed by atoms with van der Waals surface area (Å²) in [6.07, 6.45) is 3.45. The summed E-state index contributed by atoms with van der Waals surface area (Å²) in [5.74, 6) is 0.827. The lowest BCUT2D eigenvalue weighted by atomic mass is 10.4. The second-order valence-electron chi connectivity index (χ2n) is 3.19. The first-order chi connectivity index (χ1) is 7.22. The van der Waals surface area contributed by atoms with Gasteiger partial charge in [0.15, 0.2) is 0 Å². The van der Waals surface area contributed by atoms with Gasteiger partial charge in [-0.3, -0.25) is 0 Å². The topological polar surface area (TPSA) is 46.5 Å². The van der Waals surface area contributed by atoms with Gasteiger partial charge in [0.1, 0.15) is 22.7 Å². The van der Waals surface area contributed by atoms with Crippen LogP contribution in [0.2, 0.25) is 5.15 Å². The molecule has 0 saturated carbocycles. The Morgan fingerprint density at radius 2 is 2.40 bits per heavy atom. The standard InChI is InChI=1S/C10H9ClN4/c1-14-9(11)6-13-10(14)7-15-4-2-3-8(15)5-12/h2-4,6H,7H2,1H3. The molecule has 4 nitrogen and oxygen atoms in total. The van der Waals surface area contributed by atoms with Crippen LogP contribution in [0.4, 0.5) is 0 Å². The van der Waals surface area contributed by atoms with Crippen LogP contribution < -0.4 is 0 Å². The highest BCUT2D eigenvalue weighted by Gasteiger charge is 2.06. The Morgan fingerprint density at radius 1 is 1.60 bits per heavy atom. The predicted molar refractivity (Wildman–Crippen MR) is 56.5 cm³/mol. The van der Waals surface area contributed by atoms with Crippen LogP contribution in [0.15, 0.2) is 24.5 Å². The Balaban J connectivity index is 2.30. The summed E-state index contributed by atoms with van der Waals surface area (Å²) in [7, 11) is 1.85. The van der Waals surface area contributed by atoms with E-state index in [0.29, 0.717) is 17.4 Å². The molecular weight excluding hydrogens is 212 g/mol. The van der Waals surface area contributed by atoms with Gasteiger partial charge in [0.25, 0.3) is 0 Å². The normalized spacial score (nSPS) is 10.2. The Bertz CT molecular complexity index is 518. The van der Waals surface area contributed by atoms with Crippen molar-refractivity contribution in [2.45, 2.75) is 6.54 Å². The average Bonchev–Trinajstić information content (AvgIpc) is 2.80. The van der Waals surface area contributed by atoms with Crippen molar-refractivity contribution in [3.8, 4) is 6.07 Å². The quantitative estimate of drug-likeness (QED) is 0.775. The molecule has 0 unspecified atom stereocenters. The van der Waals surface area contributed by atoms with E-state index in [9.17, 15) is 0 Å². The van der Waals surface area contributed by atoms with Crippen LogP contribution in [0, 0.1) is 11.3 Å². The van der Waals surface area contributed by atoms with Crippen molar-refractivity contribution in [2.75, 3.05) is 0 Å². The fourth-order valence-corrected chi connectivity index (χ4v) is 1.52. The van der Waals surface area contributed by atoms with Gasteiger partial charge in [0, 0.05) is 13.2 Å².